The van der Waals surface area contributed by atoms with Crippen molar-refractivity contribution in [1.82, 2.24) is 21.3 Å². The monoisotopic (exact) mass is 364 g/mol. The summed E-state index contributed by atoms with van der Waals surface area (Å²) in [6, 6.07) is -1.63. The molecule has 0 bridgehead atoms. The van der Waals surface area contributed by atoms with Gasteiger partial charge in [0.05, 0.1) is 0 Å². The minimum Gasteiger partial charge on any atom is -0.355 e. The summed E-state index contributed by atoms with van der Waals surface area (Å²) in [6.45, 7) is 4.36. The highest BCUT2D eigenvalue weighted by molar-refractivity contribution is 7.80. The maximum Gasteiger partial charge on any atom is 0.243 e. The minimum atomic E-state index is -0.817. The van der Waals surface area contributed by atoms with E-state index in [9.17, 15) is 19.2 Å². The first-order valence-corrected chi connectivity index (χ1v) is 8.51. The van der Waals surface area contributed by atoms with Gasteiger partial charge < -0.3 is 21.3 Å². The summed E-state index contributed by atoms with van der Waals surface area (Å²) < 4.78 is 0. The molecule has 0 rings (SSSR count). The lowest BCUT2D eigenvalue weighted by Gasteiger charge is -2.17. The van der Waals surface area contributed by atoms with Crippen molar-refractivity contribution in [1.29, 1.82) is 0 Å². The van der Waals surface area contributed by atoms with E-state index in [1.807, 2.05) is 0 Å². The smallest absolute Gasteiger partial charge is 0.243 e. The van der Waals surface area contributed by atoms with Crippen molar-refractivity contribution in [2.75, 3.05) is 24.6 Å². The largest absolute Gasteiger partial charge is 0.355 e. The maximum absolute atomic E-state index is 11.8. The van der Waals surface area contributed by atoms with E-state index in [1.54, 1.807) is 13.8 Å². The van der Waals surface area contributed by atoms with Gasteiger partial charge in [-0.15, -0.1) is 0 Å². The molecule has 0 saturated carbocycles. The van der Waals surface area contributed by atoms with Gasteiger partial charge in [0.2, 0.25) is 23.6 Å². The highest BCUT2D eigenvalue weighted by Crippen LogP contribution is 1.94. The topological polar surface area (TPSA) is 116 Å². The lowest BCUT2D eigenvalue weighted by Crippen LogP contribution is -2.51. The Morgan fingerprint density at radius 3 is 1.39 bits per heavy atom. The highest BCUT2D eigenvalue weighted by atomic mass is 32.1. The first kappa shape index (κ1) is 21.6. The lowest BCUT2D eigenvalue weighted by atomic mass is 10.2. The van der Waals surface area contributed by atoms with Crippen LogP contribution >= 0.6 is 25.3 Å². The third kappa shape index (κ3) is 8.70. The molecule has 4 amide bonds. The zero-order chi connectivity index (χ0) is 17.8. The predicted octanol–water partition coefficient (Wildman–Crippen LogP) is -1.52. The Morgan fingerprint density at radius 1 is 0.783 bits per heavy atom. The summed E-state index contributed by atoms with van der Waals surface area (Å²) in [4.78, 5) is 46.9. The fourth-order valence-electron chi connectivity index (χ4n) is 1.62. The van der Waals surface area contributed by atoms with Crippen LogP contribution in [0.5, 0.6) is 0 Å². The molecule has 8 nitrogen and oxygen atoms in total. The molecule has 4 N–H and O–H groups in total. The summed E-state index contributed by atoms with van der Waals surface area (Å²) in [5.74, 6) is -1.77. The Kier molecular flexibility index (Phi) is 11.3. The number of hydrogen-bond donors (Lipinski definition) is 6. The van der Waals surface area contributed by atoms with Crippen molar-refractivity contribution in [3.63, 3.8) is 0 Å². The first-order chi connectivity index (χ1) is 10.9. The van der Waals surface area contributed by atoms with Crippen LogP contribution in [0, 0.1) is 0 Å². The van der Waals surface area contributed by atoms with Crippen LogP contribution in [0.2, 0.25) is 0 Å². The molecule has 0 aromatic carbocycles. The predicted molar refractivity (Wildman–Crippen MR) is 93.6 cm³/mol. The van der Waals surface area contributed by atoms with Gasteiger partial charge >= 0.3 is 0 Å². The second-order valence-electron chi connectivity index (χ2n) is 4.57. The molecule has 0 aliphatic rings. The number of carbonyl (C=O) groups is 4. The van der Waals surface area contributed by atoms with Crippen molar-refractivity contribution in [2.45, 2.75) is 32.4 Å². The molecule has 0 radical (unpaired) electrons. The molecule has 0 saturated heterocycles. The molecule has 132 valence electrons. The van der Waals surface area contributed by atoms with E-state index in [4.69, 9.17) is 0 Å². The van der Waals surface area contributed by atoms with E-state index < -0.39 is 30.3 Å². The van der Waals surface area contributed by atoms with E-state index in [1.165, 1.54) is 0 Å². The van der Waals surface area contributed by atoms with E-state index in [0.717, 1.165) is 0 Å². The second-order valence-corrected chi connectivity index (χ2v) is 5.30. The van der Waals surface area contributed by atoms with Gasteiger partial charge in [0.15, 0.2) is 0 Å². The van der Waals surface area contributed by atoms with Crippen molar-refractivity contribution in [3.05, 3.63) is 0 Å². The molecule has 2 atom stereocenters. The summed E-state index contributed by atoms with van der Waals surface area (Å²) in [5.41, 5.74) is 0. The fourth-order valence-corrected chi connectivity index (χ4v) is 2.13. The van der Waals surface area contributed by atoms with Crippen molar-refractivity contribution < 1.29 is 19.2 Å². The molecule has 0 aliphatic carbocycles. The van der Waals surface area contributed by atoms with E-state index in [2.05, 4.69) is 46.5 Å². The highest BCUT2D eigenvalue weighted by Gasteiger charge is 2.22. The quantitative estimate of drug-likeness (QED) is 0.209. The Hall–Kier alpha value is -1.42. The number of carbonyl (C=O) groups excluding carboxylic acids is 4. The maximum atomic E-state index is 11.8. The second kappa shape index (κ2) is 12.1. The van der Waals surface area contributed by atoms with Crippen molar-refractivity contribution >= 4 is 48.9 Å². The van der Waals surface area contributed by atoms with Gasteiger partial charge in [-0.3, -0.25) is 19.2 Å². The number of likely N-dealkylation sites (N-methyl/N-ethyl adjacent to an activating group) is 2. The Labute approximate surface area is 146 Å². The average molecular weight is 364 g/mol. The van der Waals surface area contributed by atoms with Crippen LogP contribution in [0.3, 0.4) is 0 Å². The Morgan fingerprint density at radius 2 is 1.13 bits per heavy atom. The Bertz CT molecular complexity index is 396. The summed E-state index contributed by atoms with van der Waals surface area (Å²) >= 11 is 7.99. The minimum absolute atomic E-state index is 0.108. The van der Waals surface area contributed by atoms with Crippen LogP contribution < -0.4 is 21.3 Å². The fraction of sp³-hybridized carbons (Fsp3) is 0.692. The third-order valence-corrected chi connectivity index (χ3v) is 3.42. The van der Waals surface area contributed by atoms with Crippen LogP contribution in [0.1, 0.15) is 20.3 Å². The zero-order valence-electron chi connectivity index (χ0n) is 13.2. The van der Waals surface area contributed by atoms with Crippen LogP contribution in [-0.4, -0.2) is 60.3 Å². The number of nitrogens with one attached hydrogen (secondary N) is 4. The van der Waals surface area contributed by atoms with Gasteiger partial charge in [0.1, 0.15) is 18.5 Å². The van der Waals surface area contributed by atoms with Crippen molar-refractivity contribution in [2.24, 2.45) is 0 Å². The number of hydrogen-bond acceptors (Lipinski definition) is 6. The molecule has 10 heteroatoms. The molecular weight excluding hydrogens is 340 g/mol. The number of amides is 4. The number of thiol groups is 2. The Balaban J connectivity index is 4.45. The first-order valence-electron chi connectivity index (χ1n) is 7.25. The lowest BCUT2D eigenvalue weighted by molar-refractivity contribution is -0.134. The molecular formula is C13H24N4O4S2. The molecule has 0 aromatic rings. The standard InChI is InChI=1S/C13H24N4O4S2/c1-3-14-12(20)8(6-22)16-10(18)5-11(19)17-9(7-23)13(21)15-4-2/h8-9,22-23H,3-7H2,1-2H3,(H,14,20)(H,15,21)(H,16,18)(H,17,19). The van der Waals surface area contributed by atoms with E-state index in [-0.39, 0.29) is 23.3 Å². The van der Waals surface area contributed by atoms with Gasteiger partial charge in [0.25, 0.3) is 0 Å². The molecule has 0 heterocycles. The van der Waals surface area contributed by atoms with E-state index in [0.29, 0.717) is 13.1 Å². The summed E-state index contributed by atoms with van der Waals surface area (Å²) in [7, 11) is 0. The summed E-state index contributed by atoms with van der Waals surface area (Å²) in [6.07, 6.45) is -0.493. The van der Waals surface area contributed by atoms with Crippen molar-refractivity contribution in [3.8, 4) is 0 Å². The zero-order valence-corrected chi connectivity index (χ0v) is 15.0. The van der Waals surface area contributed by atoms with E-state index >= 15 is 0 Å². The summed E-state index contributed by atoms with van der Waals surface area (Å²) in [5, 5.41) is 9.96. The SMILES string of the molecule is CCNC(=O)C(CS)NC(=O)CC(=O)NC(CS)C(=O)NCC. The van der Waals surface area contributed by atoms with Crippen LogP contribution in [0.15, 0.2) is 0 Å². The van der Waals surface area contributed by atoms with Crippen LogP contribution in [0.4, 0.5) is 0 Å². The van der Waals surface area contributed by atoms with Gasteiger partial charge in [-0.25, -0.2) is 0 Å². The van der Waals surface area contributed by atoms with Gasteiger partial charge in [0, 0.05) is 24.6 Å². The third-order valence-electron chi connectivity index (χ3n) is 2.69. The van der Waals surface area contributed by atoms with Gasteiger partial charge in [-0.1, -0.05) is 0 Å². The van der Waals surface area contributed by atoms with Gasteiger partial charge in [-0.05, 0) is 13.8 Å². The van der Waals surface area contributed by atoms with Crippen LogP contribution in [-0.2, 0) is 19.2 Å². The van der Waals surface area contributed by atoms with Crippen LogP contribution in [0.25, 0.3) is 0 Å². The molecule has 0 fully saturated rings. The molecule has 2 unspecified atom stereocenters. The van der Waals surface area contributed by atoms with Gasteiger partial charge in [-0.2, -0.15) is 25.3 Å². The molecule has 0 aromatic heterocycles. The molecule has 23 heavy (non-hydrogen) atoms. The molecule has 0 aliphatic heterocycles. The normalized spacial score (nSPS) is 12.7. The average Bonchev–Trinajstić information content (AvgIpc) is 2.50. The number of rotatable bonds is 10. The molecule has 0 spiro atoms.